The number of carbonyl (C=O) groups is 1. The molecule has 3 heterocycles. The molecule has 0 atom stereocenters. The van der Waals surface area contributed by atoms with Crippen molar-refractivity contribution in [2.24, 2.45) is 0 Å². The van der Waals surface area contributed by atoms with Gasteiger partial charge in [0, 0.05) is 32.2 Å². The molecule has 0 aromatic carbocycles. The van der Waals surface area contributed by atoms with E-state index >= 15 is 0 Å². The zero-order valence-electron chi connectivity index (χ0n) is 13.8. The summed E-state index contributed by atoms with van der Waals surface area (Å²) in [6.45, 7) is 5.34. The molecule has 9 nitrogen and oxygen atoms in total. The molecule has 0 bridgehead atoms. The summed E-state index contributed by atoms with van der Waals surface area (Å²) in [7, 11) is 0. The van der Waals surface area contributed by atoms with Gasteiger partial charge in [0.15, 0.2) is 4.34 Å². The highest BCUT2D eigenvalue weighted by atomic mass is 32.2. The smallest absolute Gasteiger partial charge is 0.266 e. The number of anilines is 2. The Bertz CT molecular complexity index is 770. The number of rotatable bonds is 6. The molecule has 2 N–H and O–H groups in total. The number of hydrogen-bond donors (Lipinski definition) is 2. The summed E-state index contributed by atoms with van der Waals surface area (Å²) in [6.07, 6.45) is 1.64. The molecule has 134 valence electrons. The van der Waals surface area contributed by atoms with Crippen LogP contribution in [0.25, 0.3) is 0 Å². The van der Waals surface area contributed by atoms with Crippen molar-refractivity contribution in [1.29, 1.82) is 0 Å². The molecule has 11 heteroatoms. The number of aromatic amines is 1. The number of aromatic nitrogens is 4. The van der Waals surface area contributed by atoms with Crippen LogP contribution in [0.15, 0.2) is 21.4 Å². The molecule has 0 radical (unpaired) electrons. The standard InChI is InChI=1S/C14H19N7O2S2/c1-2-24-14-19-18-13(25-14)16-12(23)9-20-3-5-21(6-4-20)10-7-11(22)17-15-8-10/h7-8H,2-6,9H2,1H3,(H,17,22)(H,16,18,23). The largest absolute Gasteiger partial charge is 0.368 e. The normalized spacial score (nSPS) is 15.3. The second kappa shape index (κ2) is 8.41. The van der Waals surface area contributed by atoms with Crippen molar-refractivity contribution < 1.29 is 4.79 Å². The van der Waals surface area contributed by atoms with E-state index in [0.29, 0.717) is 11.7 Å². The van der Waals surface area contributed by atoms with Crippen LogP contribution < -0.4 is 15.8 Å². The van der Waals surface area contributed by atoms with Crippen LogP contribution in [-0.2, 0) is 4.79 Å². The molecule has 3 rings (SSSR count). The Hall–Kier alpha value is -1.98. The number of nitrogens with one attached hydrogen (secondary N) is 2. The molecule has 1 aliphatic rings. The fourth-order valence-corrected chi connectivity index (χ4v) is 4.17. The Labute approximate surface area is 152 Å². The van der Waals surface area contributed by atoms with Crippen molar-refractivity contribution in [3.63, 3.8) is 0 Å². The summed E-state index contributed by atoms with van der Waals surface area (Å²) in [5.41, 5.74) is 0.597. The van der Waals surface area contributed by atoms with Crippen molar-refractivity contribution >= 4 is 39.8 Å². The summed E-state index contributed by atoms with van der Waals surface area (Å²) in [4.78, 5) is 27.7. The molecule has 25 heavy (non-hydrogen) atoms. The van der Waals surface area contributed by atoms with Gasteiger partial charge in [-0.2, -0.15) is 5.10 Å². The second-order valence-corrected chi connectivity index (χ2v) is 7.91. The van der Waals surface area contributed by atoms with Crippen molar-refractivity contribution in [3.05, 3.63) is 22.6 Å². The minimum atomic E-state index is -0.211. The van der Waals surface area contributed by atoms with Gasteiger partial charge in [-0.15, -0.1) is 10.2 Å². The Morgan fingerprint density at radius 2 is 2.16 bits per heavy atom. The van der Waals surface area contributed by atoms with Crippen LogP contribution >= 0.6 is 23.1 Å². The van der Waals surface area contributed by atoms with E-state index in [-0.39, 0.29) is 11.5 Å². The minimum absolute atomic E-state index is 0.0875. The molecule has 1 saturated heterocycles. The summed E-state index contributed by atoms with van der Waals surface area (Å²) in [5, 5.41) is 17.5. The topological polar surface area (TPSA) is 107 Å². The molecule has 1 aliphatic heterocycles. The van der Waals surface area contributed by atoms with Crippen LogP contribution in [0, 0.1) is 0 Å². The molecule has 2 aromatic heterocycles. The van der Waals surface area contributed by atoms with Gasteiger partial charge < -0.3 is 4.90 Å². The van der Waals surface area contributed by atoms with E-state index in [2.05, 4.69) is 35.5 Å². The van der Waals surface area contributed by atoms with Gasteiger partial charge in [-0.25, -0.2) is 5.10 Å². The lowest BCUT2D eigenvalue weighted by Gasteiger charge is -2.35. The Morgan fingerprint density at radius 1 is 1.36 bits per heavy atom. The maximum atomic E-state index is 12.2. The van der Waals surface area contributed by atoms with Crippen molar-refractivity contribution in [2.75, 3.05) is 48.7 Å². The van der Waals surface area contributed by atoms with Gasteiger partial charge in [0.05, 0.1) is 18.4 Å². The summed E-state index contributed by atoms with van der Waals surface area (Å²) < 4.78 is 0.859. The van der Waals surface area contributed by atoms with Gasteiger partial charge in [-0.05, 0) is 5.75 Å². The minimum Gasteiger partial charge on any atom is -0.368 e. The second-order valence-electron chi connectivity index (χ2n) is 5.42. The SMILES string of the molecule is CCSc1nnc(NC(=O)CN2CCN(c3cn[nH]c(=O)c3)CC2)s1. The zero-order chi connectivity index (χ0) is 17.6. The summed E-state index contributed by atoms with van der Waals surface area (Å²) >= 11 is 3.00. The Balaban J connectivity index is 1.46. The van der Waals surface area contributed by atoms with E-state index in [9.17, 15) is 9.59 Å². The lowest BCUT2D eigenvalue weighted by Crippen LogP contribution is -2.48. The van der Waals surface area contributed by atoms with Crippen LogP contribution in [0.1, 0.15) is 6.92 Å². The van der Waals surface area contributed by atoms with Crippen LogP contribution in [-0.4, -0.2) is 69.7 Å². The average molecular weight is 381 g/mol. The molecule has 1 fully saturated rings. The van der Waals surface area contributed by atoms with Gasteiger partial charge >= 0.3 is 0 Å². The molecule has 2 aromatic rings. The molecule has 0 aliphatic carbocycles. The predicted molar refractivity (Wildman–Crippen MR) is 98.4 cm³/mol. The van der Waals surface area contributed by atoms with Crippen LogP contribution in [0.5, 0.6) is 0 Å². The summed E-state index contributed by atoms with van der Waals surface area (Å²) in [6, 6.07) is 1.54. The highest BCUT2D eigenvalue weighted by Crippen LogP contribution is 2.24. The van der Waals surface area contributed by atoms with Gasteiger partial charge in [0.2, 0.25) is 11.0 Å². The number of amides is 1. The Kier molecular flexibility index (Phi) is 6.00. The number of hydrogen-bond acceptors (Lipinski definition) is 9. The predicted octanol–water partition coefficient (Wildman–Crippen LogP) is 0.494. The first kappa shape index (κ1) is 17.8. The third-order valence-corrected chi connectivity index (χ3v) is 5.53. The fraction of sp³-hybridized carbons (Fsp3) is 0.500. The number of nitrogens with zero attached hydrogens (tertiary/aromatic N) is 5. The van der Waals surface area contributed by atoms with Crippen LogP contribution in [0.4, 0.5) is 10.8 Å². The first-order valence-electron chi connectivity index (χ1n) is 7.92. The maximum Gasteiger partial charge on any atom is 0.266 e. The number of H-pyrrole nitrogens is 1. The van der Waals surface area contributed by atoms with E-state index in [1.165, 1.54) is 17.4 Å². The van der Waals surface area contributed by atoms with Crippen molar-refractivity contribution in [3.8, 4) is 0 Å². The summed E-state index contributed by atoms with van der Waals surface area (Å²) in [5.74, 6) is 0.839. The van der Waals surface area contributed by atoms with E-state index in [0.717, 1.165) is 42.0 Å². The third kappa shape index (κ3) is 5.00. The number of piperazine rings is 1. The molecular formula is C14H19N7O2S2. The molecule has 0 unspecified atom stereocenters. The van der Waals surface area contributed by atoms with Crippen LogP contribution in [0.3, 0.4) is 0 Å². The first-order valence-corrected chi connectivity index (χ1v) is 9.72. The highest BCUT2D eigenvalue weighted by Gasteiger charge is 2.20. The Morgan fingerprint density at radius 3 is 2.88 bits per heavy atom. The van der Waals surface area contributed by atoms with E-state index < -0.39 is 0 Å². The van der Waals surface area contributed by atoms with Gasteiger partial charge in [-0.1, -0.05) is 30.0 Å². The highest BCUT2D eigenvalue weighted by molar-refractivity contribution is 8.01. The first-order chi connectivity index (χ1) is 12.1. The van der Waals surface area contributed by atoms with Crippen LogP contribution in [0.2, 0.25) is 0 Å². The molecule has 1 amide bonds. The van der Waals surface area contributed by atoms with E-state index in [1.54, 1.807) is 18.0 Å². The maximum absolute atomic E-state index is 12.2. The van der Waals surface area contributed by atoms with Gasteiger partial charge in [0.25, 0.3) is 5.56 Å². The number of carbonyl (C=O) groups excluding carboxylic acids is 1. The van der Waals surface area contributed by atoms with Gasteiger partial charge in [-0.3, -0.25) is 19.8 Å². The van der Waals surface area contributed by atoms with E-state index in [1.807, 2.05) is 6.92 Å². The molecule has 0 spiro atoms. The van der Waals surface area contributed by atoms with Crippen molar-refractivity contribution in [2.45, 2.75) is 11.3 Å². The van der Waals surface area contributed by atoms with Crippen molar-refractivity contribution in [1.82, 2.24) is 25.3 Å². The van der Waals surface area contributed by atoms with E-state index in [4.69, 9.17) is 0 Å². The third-order valence-electron chi connectivity index (χ3n) is 3.68. The molecule has 0 saturated carbocycles. The quantitative estimate of drug-likeness (QED) is 0.550. The van der Waals surface area contributed by atoms with Gasteiger partial charge in [0.1, 0.15) is 0 Å². The number of thioether (sulfide) groups is 1. The lowest BCUT2D eigenvalue weighted by molar-refractivity contribution is -0.117. The molecular weight excluding hydrogens is 362 g/mol. The fourth-order valence-electron chi connectivity index (χ4n) is 2.51. The lowest BCUT2D eigenvalue weighted by atomic mass is 10.3. The zero-order valence-corrected chi connectivity index (χ0v) is 15.4. The average Bonchev–Trinajstić information content (AvgIpc) is 3.03. The monoisotopic (exact) mass is 381 g/mol.